The quantitative estimate of drug-likeness (QED) is 0.553. The monoisotopic (exact) mass is 150 g/mol. The third-order valence-electron chi connectivity index (χ3n) is 1.58. The summed E-state index contributed by atoms with van der Waals surface area (Å²) in [5.74, 6) is 0.694. The Labute approximate surface area is 63.2 Å². The average molecular weight is 150 g/mol. The van der Waals surface area contributed by atoms with E-state index in [1.54, 1.807) is 0 Å². The van der Waals surface area contributed by atoms with Crippen LogP contribution in [0.3, 0.4) is 0 Å². The topological polar surface area (TPSA) is 63.7 Å². The van der Waals surface area contributed by atoms with E-state index in [0.29, 0.717) is 24.9 Å². The van der Waals surface area contributed by atoms with Gasteiger partial charge in [0.1, 0.15) is 12.4 Å². The smallest absolute Gasteiger partial charge is 0.317 e. The Morgan fingerprint density at radius 3 is 3.36 bits per heavy atom. The molecule has 0 fully saturated rings. The third kappa shape index (κ3) is 0.835. The lowest BCUT2D eigenvalue weighted by atomic mass is 10.4. The third-order valence-corrected chi connectivity index (χ3v) is 1.58. The highest BCUT2D eigenvalue weighted by Gasteiger charge is 2.17. The van der Waals surface area contributed by atoms with Gasteiger partial charge >= 0.3 is 6.01 Å². The number of hydrogen-bond acceptors (Lipinski definition) is 4. The Balaban J connectivity index is 2.36. The van der Waals surface area contributed by atoms with Crippen LogP contribution in [-0.4, -0.2) is 21.4 Å². The number of nitrogens with zero attached hydrogens (tertiary/aromatic N) is 4. The molecule has 5 heteroatoms. The predicted octanol–water partition coefficient (Wildman–Crippen LogP) is -0.263. The van der Waals surface area contributed by atoms with E-state index >= 15 is 0 Å². The van der Waals surface area contributed by atoms with E-state index in [9.17, 15) is 0 Å². The van der Waals surface area contributed by atoms with Crippen molar-refractivity contribution in [2.45, 2.75) is 13.0 Å². The minimum atomic E-state index is 0.302. The summed E-state index contributed by atoms with van der Waals surface area (Å²) in [7, 11) is 0. The molecular weight excluding hydrogens is 144 g/mol. The number of fused-ring (bicyclic) bond motifs is 1. The lowest BCUT2D eigenvalue weighted by Crippen LogP contribution is -2.00. The molecule has 0 radical (unpaired) electrons. The first-order valence-corrected chi connectivity index (χ1v) is 3.33. The molecule has 56 valence electrons. The van der Waals surface area contributed by atoms with Gasteiger partial charge in [-0.15, -0.1) is 5.10 Å². The van der Waals surface area contributed by atoms with E-state index in [1.165, 1.54) is 0 Å². The molecule has 2 heterocycles. The predicted molar refractivity (Wildman–Crippen MR) is 34.8 cm³/mol. The van der Waals surface area contributed by atoms with E-state index in [1.807, 2.05) is 10.6 Å². The van der Waals surface area contributed by atoms with Crippen LogP contribution < -0.4 is 4.74 Å². The van der Waals surface area contributed by atoms with Gasteiger partial charge in [0.25, 0.3) is 0 Å². The van der Waals surface area contributed by atoms with Crippen LogP contribution in [0.4, 0.5) is 0 Å². The molecule has 0 N–H and O–H groups in total. The van der Waals surface area contributed by atoms with Gasteiger partial charge in [0, 0.05) is 0 Å². The number of rotatable bonds is 1. The van der Waals surface area contributed by atoms with Crippen LogP contribution in [0.1, 0.15) is 5.82 Å². The Hall–Kier alpha value is -1.57. The van der Waals surface area contributed by atoms with Crippen molar-refractivity contribution in [2.24, 2.45) is 0 Å². The van der Waals surface area contributed by atoms with Gasteiger partial charge in [-0.25, -0.2) is 0 Å². The zero-order valence-electron chi connectivity index (χ0n) is 5.82. The van der Waals surface area contributed by atoms with Crippen molar-refractivity contribution in [3.63, 3.8) is 0 Å². The molecule has 0 saturated carbocycles. The molecule has 5 nitrogen and oxygen atoms in total. The van der Waals surface area contributed by atoms with Crippen molar-refractivity contribution in [1.29, 1.82) is 5.26 Å². The number of aromatic nitrogens is 3. The molecule has 0 atom stereocenters. The first-order valence-electron chi connectivity index (χ1n) is 3.33. The van der Waals surface area contributed by atoms with E-state index in [-0.39, 0.29) is 0 Å². The second kappa shape index (κ2) is 2.23. The fourth-order valence-corrected chi connectivity index (χ4v) is 1.08. The molecule has 0 aliphatic carbocycles. The largest absolute Gasteiger partial charge is 0.462 e. The van der Waals surface area contributed by atoms with Gasteiger partial charge in [-0.05, 0) is 0 Å². The molecule has 0 aromatic carbocycles. The number of nitriles is 1. The van der Waals surface area contributed by atoms with E-state index in [4.69, 9.17) is 10.00 Å². The van der Waals surface area contributed by atoms with Crippen LogP contribution in [0.15, 0.2) is 0 Å². The molecule has 0 saturated heterocycles. The van der Waals surface area contributed by atoms with E-state index < -0.39 is 0 Å². The second-order valence-corrected chi connectivity index (χ2v) is 2.23. The number of ether oxygens (including phenoxy) is 1. The molecule has 0 amide bonds. The Morgan fingerprint density at radius 1 is 1.64 bits per heavy atom. The molecule has 1 aliphatic heterocycles. The Morgan fingerprint density at radius 2 is 2.55 bits per heavy atom. The fraction of sp³-hybridized carbons (Fsp3) is 0.500. The summed E-state index contributed by atoms with van der Waals surface area (Å²) in [4.78, 5) is 0. The summed E-state index contributed by atoms with van der Waals surface area (Å²) in [6.07, 6.45) is 0.302. The van der Waals surface area contributed by atoms with Crippen molar-refractivity contribution in [2.75, 3.05) is 6.61 Å². The van der Waals surface area contributed by atoms with Crippen LogP contribution in [-0.2, 0) is 13.0 Å². The molecule has 0 unspecified atom stereocenters. The van der Waals surface area contributed by atoms with Crippen LogP contribution in [0.2, 0.25) is 0 Å². The highest BCUT2D eigenvalue weighted by atomic mass is 16.5. The molecule has 0 spiro atoms. The maximum atomic E-state index is 8.40. The van der Waals surface area contributed by atoms with Crippen molar-refractivity contribution in [3.8, 4) is 12.1 Å². The highest BCUT2D eigenvalue weighted by molar-refractivity contribution is 5.07. The second-order valence-electron chi connectivity index (χ2n) is 2.23. The lowest BCUT2D eigenvalue weighted by molar-refractivity contribution is 0.341. The molecule has 11 heavy (non-hydrogen) atoms. The van der Waals surface area contributed by atoms with Crippen LogP contribution in [0, 0.1) is 11.3 Å². The maximum absolute atomic E-state index is 8.40. The van der Waals surface area contributed by atoms with Gasteiger partial charge in [-0.1, -0.05) is 5.10 Å². The van der Waals surface area contributed by atoms with Crippen molar-refractivity contribution < 1.29 is 4.74 Å². The molecule has 1 aromatic heterocycles. The van der Waals surface area contributed by atoms with Gasteiger partial charge in [0.15, 0.2) is 0 Å². The summed E-state index contributed by atoms with van der Waals surface area (Å²) >= 11 is 0. The minimum absolute atomic E-state index is 0.302. The van der Waals surface area contributed by atoms with Crippen LogP contribution in [0.5, 0.6) is 6.01 Å². The first kappa shape index (κ1) is 6.16. The summed E-state index contributed by atoms with van der Waals surface area (Å²) < 4.78 is 6.93. The molecule has 2 rings (SSSR count). The van der Waals surface area contributed by atoms with Gasteiger partial charge in [-0.3, -0.25) is 4.57 Å². The summed E-state index contributed by atoms with van der Waals surface area (Å²) in [5.41, 5.74) is 0. The van der Waals surface area contributed by atoms with Gasteiger partial charge in [0.2, 0.25) is 0 Å². The van der Waals surface area contributed by atoms with Crippen LogP contribution >= 0.6 is 0 Å². The zero-order valence-corrected chi connectivity index (χ0v) is 5.82. The van der Waals surface area contributed by atoms with Gasteiger partial charge in [-0.2, -0.15) is 5.26 Å². The standard InChI is InChI=1S/C6H6N4O/c7-2-1-5-8-9-6-10(5)3-4-11-6/h1,3-4H2. The summed E-state index contributed by atoms with van der Waals surface area (Å²) in [5, 5.41) is 15.9. The maximum Gasteiger partial charge on any atom is 0.317 e. The Kier molecular flexibility index (Phi) is 1.25. The summed E-state index contributed by atoms with van der Waals surface area (Å²) in [6.45, 7) is 1.41. The summed E-state index contributed by atoms with van der Waals surface area (Å²) in [6, 6.07) is 2.56. The van der Waals surface area contributed by atoms with Crippen molar-refractivity contribution in [3.05, 3.63) is 5.82 Å². The molecule has 1 aromatic rings. The van der Waals surface area contributed by atoms with Gasteiger partial charge in [0.05, 0.1) is 19.0 Å². The van der Waals surface area contributed by atoms with Crippen molar-refractivity contribution in [1.82, 2.24) is 14.8 Å². The van der Waals surface area contributed by atoms with Crippen molar-refractivity contribution >= 4 is 0 Å². The van der Waals surface area contributed by atoms with Crippen LogP contribution in [0.25, 0.3) is 0 Å². The number of hydrogen-bond donors (Lipinski definition) is 0. The van der Waals surface area contributed by atoms with E-state index in [0.717, 1.165) is 6.54 Å². The normalized spacial score (nSPS) is 13.7. The van der Waals surface area contributed by atoms with E-state index in [2.05, 4.69) is 10.2 Å². The molecular formula is C6H6N4O. The Bertz CT molecular complexity index is 311. The highest BCUT2D eigenvalue weighted by Crippen LogP contribution is 2.15. The lowest BCUT2D eigenvalue weighted by Gasteiger charge is -1.92. The fourth-order valence-electron chi connectivity index (χ4n) is 1.08. The molecule has 1 aliphatic rings. The minimum Gasteiger partial charge on any atom is -0.462 e. The zero-order chi connectivity index (χ0) is 7.68. The average Bonchev–Trinajstić information content (AvgIpc) is 2.53. The van der Waals surface area contributed by atoms with Gasteiger partial charge < -0.3 is 4.74 Å². The molecule has 0 bridgehead atoms. The first-order chi connectivity index (χ1) is 5.42. The SMILES string of the molecule is N#CCc1nnc2n1CCO2.